The van der Waals surface area contributed by atoms with Gasteiger partial charge in [-0.25, -0.2) is 0 Å². The number of hydrogen-bond acceptors (Lipinski definition) is 4. The molecule has 2 aromatic heterocycles. The summed E-state index contributed by atoms with van der Waals surface area (Å²) >= 11 is 0. The third kappa shape index (κ3) is 4.49. The molecule has 4 N–H and O–H groups in total. The van der Waals surface area contributed by atoms with Crippen LogP contribution in [0.3, 0.4) is 0 Å². The van der Waals surface area contributed by atoms with Crippen LogP contribution >= 0.6 is 0 Å². The highest BCUT2D eigenvalue weighted by Gasteiger charge is 2.22. The third-order valence-corrected chi connectivity index (χ3v) is 4.03. The predicted octanol–water partition coefficient (Wildman–Crippen LogP) is 1.07. The van der Waals surface area contributed by atoms with E-state index < -0.39 is 17.9 Å². The zero-order chi connectivity index (χ0) is 19.2. The number of H-pyrrole nitrogens is 1. The van der Waals surface area contributed by atoms with Gasteiger partial charge in [-0.2, -0.15) is 0 Å². The van der Waals surface area contributed by atoms with Gasteiger partial charge >= 0.3 is 0 Å². The lowest BCUT2D eigenvalue weighted by molar-refractivity contribution is -0.128. The van der Waals surface area contributed by atoms with Crippen molar-refractivity contribution in [3.8, 4) is 0 Å². The van der Waals surface area contributed by atoms with E-state index in [1.807, 2.05) is 30.5 Å². The van der Waals surface area contributed by atoms with Crippen molar-refractivity contribution >= 4 is 28.6 Å². The molecule has 0 saturated heterocycles. The van der Waals surface area contributed by atoms with Crippen LogP contribution in [0.4, 0.5) is 0 Å². The molecule has 3 rings (SSSR count). The number of amides is 3. The zero-order valence-corrected chi connectivity index (χ0v) is 14.7. The fraction of sp³-hybridized carbons (Fsp3) is 0.158. The minimum Gasteiger partial charge on any atom is -0.361 e. The van der Waals surface area contributed by atoms with Crippen molar-refractivity contribution in [2.75, 3.05) is 0 Å². The molecule has 2 heterocycles. The maximum Gasteiger partial charge on any atom is 0.269 e. The molecule has 0 aliphatic carbocycles. The Morgan fingerprint density at radius 3 is 2.56 bits per heavy atom. The van der Waals surface area contributed by atoms with Gasteiger partial charge in [0.1, 0.15) is 6.04 Å². The Labute approximate surface area is 155 Å². The van der Waals surface area contributed by atoms with Gasteiger partial charge in [-0.3, -0.25) is 30.2 Å². The Morgan fingerprint density at radius 2 is 1.81 bits per heavy atom. The molecule has 1 atom stereocenters. The van der Waals surface area contributed by atoms with E-state index in [9.17, 15) is 14.4 Å². The number of para-hydroxylation sites is 1. The fourth-order valence-electron chi connectivity index (χ4n) is 2.76. The molecule has 8 nitrogen and oxygen atoms in total. The molecular formula is C19H19N5O3. The maximum atomic E-state index is 12.5. The first kappa shape index (κ1) is 18.1. The highest BCUT2D eigenvalue weighted by molar-refractivity contribution is 5.96. The van der Waals surface area contributed by atoms with Crippen LogP contribution in [-0.2, 0) is 16.0 Å². The van der Waals surface area contributed by atoms with Gasteiger partial charge in [0.05, 0.1) is 0 Å². The summed E-state index contributed by atoms with van der Waals surface area (Å²) in [5.41, 5.74) is 6.90. The molecule has 0 aliphatic rings. The largest absolute Gasteiger partial charge is 0.361 e. The minimum atomic E-state index is -0.834. The number of pyridine rings is 1. The van der Waals surface area contributed by atoms with E-state index in [1.54, 1.807) is 0 Å². The van der Waals surface area contributed by atoms with Gasteiger partial charge in [0, 0.05) is 48.4 Å². The van der Waals surface area contributed by atoms with Crippen LogP contribution < -0.4 is 16.2 Å². The summed E-state index contributed by atoms with van der Waals surface area (Å²) in [6.45, 7) is 1.34. The average molecular weight is 365 g/mol. The highest BCUT2D eigenvalue weighted by Crippen LogP contribution is 2.19. The van der Waals surface area contributed by atoms with Crippen LogP contribution in [-0.4, -0.2) is 33.7 Å². The lowest BCUT2D eigenvalue weighted by Gasteiger charge is -2.17. The van der Waals surface area contributed by atoms with Crippen molar-refractivity contribution in [1.29, 1.82) is 0 Å². The van der Waals surface area contributed by atoms with Gasteiger partial charge in [0.25, 0.3) is 11.8 Å². The molecule has 27 heavy (non-hydrogen) atoms. The first-order valence-electron chi connectivity index (χ1n) is 8.37. The number of rotatable bonds is 5. The zero-order valence-electron chi connectivity index (χ0n) is 14.7. The van der Waals surface area contributed by atoms with Gasteiger partial charge < -0.3 is 10.3 Å². The SMILES string of the molecule is CC(=O)NC(Cc1c[nH]c2ccccc12)C(=O)NNC(=O)c1ccncc1. The van der Waals surface area contributed by atoms with Crippen molar-refractivity contribution in [2.24, 2.45) is 0 Å². The molecule has 0 radical (unpaired) electrons. The van der Waals surface area contributed by atoms with Gasteiger partial charge in [0.15, 0.2) is 0 Å². The Kier molecular flexibility index (Phi) is 5.46. The number of fused-ring (bicyclic) bond motifs is 1. The van der Waals surface area contributed by atoms with Crippen molar-refractivity contribution in [3.05, 3.63) is 66.1 Å². The Bertz CT molecular complexity index is 968. The molecule has 0 aliphatic heterocycles. The summed E-state index contributed by atoms with van der Waals surface area (Å²) in [6, 6.07) is 9.91. The number of nitrogens with one attached hydrogen (secondary N) is 4. The predicted molar refractivity (Wildman–Crippen MR) is 99.5 cm³/mol. The van der Waals surface area contributed by atoms with Crippen molar-refractivity contribution in [1.82, 2.24) is 26.1 Å². The smallest absolute Gasteiger partial charge is 0.269 e. The molecule has 1 unspecified atom stereocenters. The number of aromatic nitrogens is 2. The number of hydrogen-bond donors (Lipinski definition) is 4. The normalized spacial score (nSPS) is 11.6. The van der Waals surface area contributed by atoms with E-state index in [0.717, 1.165) is 16.5 Å². The average Bonchev–Trinajstić information content (AvgIpc) is 3.08. The van der Waals surface area contributed by atoms with E-state index in [1.165, 1.54) is 31.5 Å². The lowest BCUT2D eigenvalue weighted by Crippen LogP contribution is -2.52. The van der Waals surface area contributed by atoms with Gasteiger partial charge in [-0.15, -0.1) is 0 Å². The first-order valence-corrected chi connectivity index (χ1v) is 8.37. The second kappa shape index (κ2) is 8.13. The fourth-order valence-corrected chi connectivity index (χ4v) is 2.76. The molecule has 0 saturated carbocycles. The van der Waals surface area contributed by atoms with E-state index >= 15 is 0 Å². The minimum absolute atomic E-state index is 0.278. The Morgan fingerprint density at radius 1 is 1.07 bits per heavy atom. The van der Waals surface area contributed by atoms with Crippen molar-refractivity contribution < 1.29 is 14.4 Å². The molecule has 1 aromatic carbocycles. The standard InChI is InChI=1S/C19H19N5O3/c1-12(25)22-17(10-14-11-21-16-5-3-2-4-15(14)16)19(27)24-23-18(26)13-6-8-20-9-7-13/h2-9,11,17,21H,10H2,1H3,(H,22,25)(H,23,26)(H,24,27). The number of benzene rings is 1. The summed E-state index contributed by atoms with van der Waals surface area (Å²) in [7, 11) is 0. The van der Waals surface area contributed by atoms with Crippen LogP contribution in [0, 0.1) is 0 Å². The number of carbonyl (C=O) groups is 3. The van der Waals surface area contributed by atoms with Crippen LogP contribution in [0.1, 0.15) is 22.8 Å². The third-order valence-electron chi connectivity index (χ3n) is 4.03. The molecule has 0 bridgehead atoms. The molecular weight excluding hydrogens is 346 g/mol. The van der Waals surface area contributed by atoms with E-state index in [0.29, 0.717) is 5.56 Å². The lowest BCUT2D eigenvalue weighted by atomic mass is 10.0. The number of carbonyl (C=O) groups excluding carboxylic acids is 3. The first-order chi connectivity index (χ1) is 13.0. The monoisotopic (exact) mass is 365 g/mol. The van der Waals surface area contributed by atoms with E-state index in [-0.39, 0.29) is 12.3 Å². The summed E-state index contributed by atoms with van der Waals surface area (Å²) in [5, 5.41) is 3.59. The Hall–Kier alpha value is -3.68. The summed E-state index contributed by atoms with van der Waals surface area (Å²) in [6.07, 6.45) is 5.05. The van der Waals surface area contributed by atoms with Gasteiger partial charge in [0.2, 0.25) is 5.91 Å². The van der Waals surface area contributed by atoms with Gasteiger partial charge in [-0.1, -0.05) is 18.2 Å². The van der Waals surface area contributed by atoms with E-state index in [4.69, 9.17) is 0 Å². The summed E-state index contributed by atoms with van der Waals surface area (Å²) in [5.74, 6) is -1.33. The molecule has 138 valence electrons. The van der Waals surface area contributed by atoms with Crippen LogP contribution in [0.2, 0.25) is 0 Å². The molecule has 3 aromatic rings. The van der Waals surface area contributed by atoms with Crippen LogP contribution in [0.15, 0.2) is 55.0 Å². The van der Waals surface area contributed by atoms with Gasteiger partial charge in [-0.05, 0) is 23.8 Å². The number of hydrazine groups is 1. The second-order valence-electron chi connectivity index (χ2n) is 6.00. The molecule has 3 amide bonds. The molecule has 0 fully saturated rings. The summed E-state index contributed by atoms with van der Waals surface area (Å²) in [4.78, 5) is 43.0. The molecule has 8 heteroatoms. The molecule has 0 spiro atoms. The second-order valence-corrected chi connectivity index (χ2v) is 6.00. The number of nitrogens with zero attached hydrogens (tertiary/aromatic N) is 1. The van der Waals surface area contributed by atoms with Crippen LogP contribution in [0.5, 0.6) is 0 Å². The van der Waals surface area contributed by atoms with Crippen molar-refractivity contribution in [2.45, 2.75) is 19.4 Å². The van der Waals surface area contributed by atoms with E-state index in [2.05, 4.69) is 26.1 Å². The Balaban J connectivity index is 1.69. The maximum absolute atomic E-state index is 12.5. The topological polar surface area (TPSA) is 116 Å². The summed E-state index contributed by atoms with van der Waals surface area (Å²) < 4.78 is 0. The van der Waals surface area contributed by atoms with Crippen molar-refractivity contribution in [3.63, 3.8) is 0 Å². The van der Waals surface area contributed by atoms with Crippen LogP contribution in [0.25, 0.3) is 10.9 Å². The highest BCUT2D eigenvalue weighted by atomic mass is 16.2. The quantitative estimate of drug-likeness (QED) is 0.506. The number of aromatic amines is 1.